The molecule has 1 aromatic carbocycles. The van der Waals surface area contributed by atoms with E-state index in [4.69, 9.17) is 16.3 Å². The van der Waals surface area contributed by atoms with Gasteiger partial charge in [0, 0.05) is 15.6 Å². The number of hydrogen-bond acceptors (Lipinski definition) is 4. The molecule has 3 rings (SSSR count). The molecular weight excluding hydrogens is 334 g/mol. The zero-order chi connectivity index (χ0) is 16.4. The zero-order valence-electron chi connectivity index (χ0n) is 12.6. The number of rotatable bonds is 4. The van der Waals surface area contributed by atoms with Gasteiger partial charge in [0.15, 0.2) is 6.10 Å². The molecule has 1 amide bonds. The minimum Gasteiger partial charge on any atom is -0.448 e. The number of ether oxygens (including phenoxy) is 1. The average molecular weight is 350 g/mol. The number of fused-ring (bicyclic) bond motifs is 1. The number of nitrogens with one attached hydrogen (secondary N) is 1. The Balaban J connectivity index is 1.58. The number of hydrogen-bond donors (Lipinski definition) is 1. The highest BCUT2D eigenvalue weighted by atomic mass is 35.5. The third-order valence-electron chi connectivity index (χ3n) is 3.71. The second kappa shape index (κ2) is 6.72. The van der Waals surface area contributed by atoms with Crippen molar-refractivity contribution in [3.63, 3.8) is 0 Å². The Morgan fingerprint density at radius 3 is 2.70 bits per heavy atom. The van der Waals surface area contributed by atoms with Gasteiger partial charge in [-0.05, 0) is 62.1 Å². The Labute approximate surface area is 143 Å². The lowest BCUT2D eigenvalue weighted by Gasteiger charge is -2.13. The molecule has 1 atom stereocenters. The lowest BCUT2D eigenvalue weighted by Crippen LogP contribution is -2.29. The maximum Gasteiger partial charge on any atom is 0.349 e. The first kappa shape index (κ1) is 16.0. The molecular formula is C17H16ClNO3S. The van der Waals surface area contributed by atoms with Crippen molar-refractivity contribution in [3.05, 3.63) is 50.7 Å². The number of esters is 1. The van der Waals surface area contributed by atoms with E-state index in [2.05, 4.69) is 5.32 Å². The van der Waals surface area contributed by atoms with Crippen molar-refractivity contribution >= 4 is 40.5 Å². The maximum absolute atomic E-state index is 12.2. The molecule has 23 heavy (non-hydrogen) atoms. The third kappa shape index (κ3) is 3.74. The van der Waals surface area contributed by atoms with E-state index < -0.39 is 12.1 Å². The molecule has 1 N–H and O–H groups in total. The van der Waals surface area contributed by atoms with Gasteiger partial charge in [0.25, 0.3) is 5.91 Å². The molecule has 1 unspecified atom stereocenters. The molecule has 0 aliphatic heterocycles. The summed E-state index contributed by atoms with van der Waals surface area (Å²) < 4.78 is 5.26. The van der Waals surface area contributed by atoms with Crippen LogP contribution in [0.4, 0.5) is 5.69 Å². The Morgan fingerprint density at radius 2 is 2.00 bits per heavy atom. The lowest BCUT2D eigenvalue weighted by atomic mass is 10.2. The molecule has 1 aliphatic carbocycles. The molecule has 1 aliphatic rings. The van der Waals surface area contributed by atoms with E-state index in [-0.39, 0.29) is 5.91 Å². The van der Waals surface area contributed by atoms with Crippen molar-refractivity contribution in [3.8, 4) is 0 Å². The maximum atomic E-state index is 12.2. The van der Waals surface area contributed by atoms with Crippen LogP contribution in [0.15, 0.2) is 30.3 Å². The number of aryl methyl sites for hydroxylation is 2. The van der Waals surface area contributed by atoms with E-state index in [1.54, 1.807) is 31.2 Å². The van der Waals surface area contributed by atoms with Crippen LogP contribution in [-0.2, 0) is 22.4 Å². The van der Waals surface area contributed by atoms with Crippen LogP contribution in [0, 0.1) is 0 Å². The van der Waals surface area contributed by atoms with Gasteiger partial charge in [-0.15, -0.1) is 11.3 Å². The van der Waals surface area contributed by atoms with Gasteiger partial charge in [-0.3, -0.25) is 4.79 Å². The SMILES string of the molecule is CC(OC(=O)c1cc2c(s1)CCC2)C(=O)Nc1ccc(Cl)cc1. The molecule has 2 aromatic rings. The molecule has 6 heteroatoms. The van der Waals surface area contributed by atoms with E-state index in [9.17, 15) is 9.59 Å². The fourth-order valence-corrected chi connectivity index (χ4v) is 3.74. The summed E-state index contributed by atoms with van der Waals surface area (Å²) in [5.74, 6) is -0.812. The van der Waals surface area contributed by atoms with Crippen molar-refractivity contribution in [1.29, 1.82) is 0 Å². The zero-order valence-corrected chi connectivity index (χ0v) is 14.2. The quantitative estimate of drug-likeness (QED) is 0.846. The van der Waals surface area contributed by atoms with Crippen LogP contribution >= 0.6 is 22.9 Å². The molecule has 1 aromatic heterocycles. The Kier molecular flexibility index (Phi) is 4.68. The predicted octanol–water partition coefficient (Wildman–Crippen LogP) is 4.07. The van der Waals surface area contributed by atoms with Crippen molar-refractivity contribution < 1.29 is 14.3 Å². The highest BCUT2D eigenvalue weighted by molar-refractivity contribution is 7.14. The van der Waals surface area contributed by atoms with Crippen LogP contribution in [0.3, 0.4) is 0 Å². The van der Waals surface area contributed by atoms with Gasteiger partial charge in [0.2, 0.25) is 0 Å². The largest absolute Gasteiger partial charge is 0.448 e. The van der Waals surface area contributed by atoms with Crippen LogP contribution in [0.2, 0.25) is 5.02 Å². The second-order valence-electron chi connectivity index (χ2n) is 5.46. The second-order valence-corrected chi connectivity index (χ2v) is 7.03. The van der Waals surface area contributed by atoms with Gasteiger partial charge in [-0.25, -0.2) is 4.79 Å². The highest BCUT2D eigenvalue weighted by Gasteiger charge is 2.23. The normalized spacial score (nSPS) is 14.2. The summed E-state index contributed by atoms with van der Waals surface area (Å²) in [5.41, 5.74) is 1.85. The Morgan fingerprint density at radius 1 is 1.26 bits per heavy atom. The molecule has 0 fully saturated rings. The van der Waals surface area contributed by atoms with E-state index >= 15 is 0 Å². The van der Waals surface area contributed by atoms with E-state index in [0.717, 1.165) is 19.3 Å². The van der Waals surface area contributed by atoms with Crippen molar-refractivity contribution in [2.75, 3.05) is 5.32 Å². The monoisotopic (exact) mass is 349 g/mol. The van der Waals surface area contributed by atoms with Crippen molar-refractivity contribution in [2.24, 2.45) is 0 Å². The summed E-state index contributed by atoms with van der Waals surface area (Å²) in [6.45, 7) is 1.56. The molecule has 0 saturated heterocycles. The lowest BCUT2D eigenvalue weighted by molar-refractivity contribution is -0.123. The predicted molar refractivity (Wildman–Crippen MR) is 91.3 cm³/mol. The summed E-state index contributed by atoms with van der Waals surface area (Å²) in [7, 11) is 0. The first-order valence-corrected chi connectivity index (χ1v) is 8.61. The Bertz CT molecular complexity index is 717. The van der Waals surface area contributed by atoms with Crippen molar-refractivity contribution in [1.82, 2.24) is 0 Å². The van der Waals surface area contributed by atoms with Gasteiger partial charge >= 0.3 is 5.97 Å². The molecule has 0 bridgehead atoms. The standard InChI is InChI=1S/C17H16ClNO3S/c1-10(16(20)19-13-7-5-12(18)6-8-13)22-17(21)15-9-11-3-2-4-14(11)23-15/h5-10H,2-4H2,1H3,(H,19,20). The molecule has 0 radical (unpaired) electrons. The number of halogens is 1. The summed E-state index contributed by atoms with van der Waals surface area (Å²) in [4.78, 5) is 26.1. The summed E-state index contributed by atoms with van der Waals surface area (Å²) in [6, 6.07) is 8.64. The minimum absolute atomic E-state index is 0.371. The van der Waals surface area contributed by atoms with Gasteiger partial charge in [-0.1, -0.05) is 11.6 Å². The van der Waals surface area contributed by atoms with Crippen LogP contribution in [0.1, 0.15) is 33.5 Å². The number of thiophene rings is 1. The molecule has 0 spiro atoms. The summed E-state index contributed by atoms with van der Waals surface area (Å²) >= 11 is 7.27. The van der Waals surface area contributed by atoms with Crippen molar-refractivity contribution in [2.45, 2.75) is 32.3 Å². The molecule has 0 saturated carbocycles. The van der Waals surface area contributed by atoms with Crippen LogP contribution in [-0.4, -0.2) is 18.0 Å². The van der Waals surface area contributed by atoms with E-state index in [0.29, 0.717) is 15.6 Å². The van der Waals surface area contributed by atoms with Crippen LogP contribution in [0.25, 0.3) is 0 Å². The summed E-state index contributed by atoms with van der Waals surface area (Å²) in [6.07, 6.45) is 2.33. The Hall–Kier alpha value is -1.85. The highest BCUT2D eigenvalue weighted by Crippen LogP contribution is 2.31. The van der Waals surface area contributed by atoms with Crippen LogP contribution < -0.4 is 5.32 Å². The van der Waals surface area contributed by atoms with E-state index in [1.807, 2.05) is 6.07 Å². The number of carbonyl (C=O) groups is 2. The van der Waals surface area contributed by atoms with Gasteiger partial charge in [0.05, 0.1) is 0 Å². The third-order valence-corrected chi connectivity index (χ3v) is 5.18. The average Bonchev–Trinajstić information content (AvgIpc) is 3.10. The smallest absolute Gasteiger partial charge is 0.349 e. The fourth-order valence-electron chi connectivity index (χ4n) is 2.48. The number of amides is 1. The number of anilines is 1. The first-order chi connectivity index (χ1) is 11.0. The number of carbonyl (C=O) groups excluding carboxylic acids is 2. The van der Waals surface area contributed by atoms with Gasteiger partial charge in [0.1, 0.15) is 4.88 Å². The summed E-state index contributed by atoms with van der Waals surface area (Å²) in [5, 5.41) is 3.28. The first-order valence-electron chi connectivity index (χ1n) is 7.42. The van der Waals surface area contributed by atoms with Gasteiger partial charge < -0.3 is 10.1 Å². The van der Waals surface area contributed by atoms with E-state index in [1.165, 1.54) is 21.8 Å². The fraction of sp³-hybridized carbons (Fsp3) is 0.294. The number of benzene rings is 1. The molecule has 1 heterocycles. The topological polar surface area (TPSA) is 55.4 Å². The minimum atomic E-state index is -0.866. The molecule has 4 nitrogen and oxygen atoms in total. The van der Waals surface area contributed by atoms with Crippen LogP contribution in [0.5, 0.6) is 0 Å². The van der Waals surface area contributed by atoms with Gasteiger partial charge in [-0.2, -0.15) is 0 Å². The molecule has 120 valence electrons.